The monoisotopic (exact) mass is 921 g/mol. The van der Waals surface area contributed by atoms with E-state index in [1.807, 2.05) is 43.0 Å². The number of hydrogen-bond donors (Lipinski definition) is 0. The molecule has 0 spiro atoms. The minimum atomic E-state index is 0.207. The second kappa shape index (κ2) is 17.3. The average Bonchev–Trinajstić information content (AvgIpc) is 3.83. The Labute approximate surface area is 412 Å². The first-order chi connectivity index (χ1) is 34.6. The molecule has 1 aliphatic carbocycles. The molecule has 0 N–H and O–H groups in total. The lowest BCUT2D eigenvalue weighted by Crippen LogP contribution is -2.17. The van der Waals surface area contributed by atoms with E-state index in [0.717, 1.165) is 123 Å². The van der Waals surface area contributed by atoms with E-state index in [1.54, 1.807) is 0 Å². The lowest BCUT2D eigenvalue weighted by atomic mass is 10.0. The van der Waals surface area contributed by atoms with Crippen molar-refractivity contribution in [2.24, 2.45) is 5.92 Å². The number of benzene rings is 4. The van der Waals surface area contributed by atoms with Crippen LogP contribution in [0.5, 0.6) is 0 Å². The summed E-state index contributed by atoms with van der Waals surface area (Å²) in [4.78, 5) is 33.6. The highest BCUT2D eigenvalue weighted by Crippen LogP contribution is 2.49. The van der Waals surface area contributed by atoms with E-state index >= 15 is 0 Å². The van der Waals surface area contributed by atoms with Gasteiger partial charge in [0.25, 0.3) is 0 Å². The zero-order valence-corrected chi connectivity index (χ0v) is 40.8. The lowest BCUT2D eigenvalue weighted by molar-refractivity contribution is 0.943. The summed E-state index contributed by atoms with van der Waals surface area (Å²) < 4.78 is 4.81. The van der Waals surface area contributed by atoms with Crippen LogP contribution in [0.3, 0.4) is 0 Å². The predicted octanol–water partition coefficient (Wildman–Crippen LogP) is 15.1. The maximum atomic E-state index is 5.53. The first-order valence-electron chi connectivity index (χ1n) is 24.2. The molecule has 12 rings (SSSR count). The fourth-order valence-electron chi connectivity index (χ4n) is 10.3. The maximum Gasteiger partial charge on any atom is 0.160 e. The SMILES string of the molecule is Cc1ccc(N(c2ccc(C)cc2)c2c(-n3c4c(C)ccnc4c4nccc(C)c43)cc(-c3cc(C4=C[C@@H](C)C=CC=C4)nc(-c4ccccc4)n3)cc2-n2c3c(C)ccnc3c3nccc(C)c32)cc1. The quantitative estimate of drug-likeness (QED) is 0.150. The molecule has 9 nitrogen and oxygen atoms in total. The second-order valence-corrected chi connectivity index (χ2v) is 18.9. The molecule has 9 heteroatoms. The average molecular weight is 922 g/mol. The fraction of sp³-hybridized carbons (Fsp3) is 0.129. The molecule has 1 atom stereocenters. The third-order valence-corrected chi connectivity index (χ3v) is 13.8. The molecule has 0 saturated heterocycles. The Morgan fingerprint density at radius 3 is 1.38 bits per heavy atom. The van der Waals surface area contributed by atoms with Gasteiger partial charge in [0.15, 0.2) is 5.82 Å². The minimum Gasteiger partial charge on any atom is -0.307 e. The smallest absolute Gasteiger partial charge is 0.160 e. The van der Waals surface area contributed by atoms with Crippen LogP contribution in [0.1, 0.15) is 46.0 Å². The van der Waals surface area contributed by atoms with Gasteiger partial charge in [0.1, 0.15) is 22.1 Å². The van der Waals surface area contributed by atoms with E-state index in [1.165, 1.54) is 11.1 Å². The summed E-state index contributed by atoms with van der Waals surface area (Å²) in [6, 6.07) is 43.1. The zero-order valence-electron chi connectivity index (χ0n) is 40.8. The molecule has 71 heavy (non-hydrogen) atoms. The van der Waals surface area contributed by atoms with Crippen molar-refractivity contribution >= 4 is 66.8 Å². The standard InChI is InChI=1S/C62H51N9/c1-37-17-21-47(22-18-37)69(48-23-19-38(2)20-24-48)61-51(70-57-40(4)25-29-63-53(57)54-58(70)41(5)26-30-64-54)34-46(35-52(61)71-59-42(6)27-31-65-55(59)56-60(71)43(7)28-32-66-56)50-36-49(45-16-12-11-13-39(3)33-45)67-62(68-50)44-14-9-8-10-15-44/h8-36,39H,1-7H3/t39-/m0/s1. The minimum absolute atomic E-state index is 0.207. The van der Waals surface area contributed by atoms with E-state index in [-0.39, 0.29) is 5.92 Å². The molecule has 0 amide bonds. The highest BCUT2D eigenvalue weighted by Gasteiger charge is 2.30. The number of pyridine rings is 4. The van der Waals surface area contributed by atoms with Gasteiger partial charge >= 0.3 is 0 Å². The number of allylic oxidation sites excluding steroid dienone is 6. The van der Waals surface area contributed by atoms with Gasteiger partial charge in [0, 0.05) is 47.3 Å². The molecule has 7 aromatic heterocycles. The topological polar surface area (TPSA) is 90.4 Å². The predicted molar refractivity (Wildman–Crippen MR) is 291 cm³/mol. The number of aryl methyl sites for hydroxylation is 6. The van der Waals surface area contributed by atoms with Gasteiger partial charge < -0.3 is 14.0 Å². The summed E-state index contributed by atoms with van der Waals surface area (Å²) in [6.07, 6.45) is 18.4. The highest BCUT2D eigenvalue weighted by molar-refractivity contribution is 6.11. The van der Waals surface area contributed by atoms with Crippen LogP contribution in [-0.4, -0.2) is 39.0 Å². The van der Waals surface area contributed by atoms with Crippen LogP contribution < -0.4 is 4.90 Å². The summed E-state index contributed by atoms with van der Waals surface area (Å²) >= 11 is 0. The summed E-state index contributed by atoms with van der Waals surface area (Å²) in [5, 5.41) is 0. The molecule has 1 aliphatic rings. The van der Waals surface area contributed by atoms with Gasteiger partial charge in [-0.2, -0.15) is 0 Å². The number of anilines is 3. The first-order valence-corrected chi connectivity index (χ1v) is 24.2. The summed E-state index contributed by atoms with van der Waals surface area (Å²) in [7, 11) is 0. The van der Waals surface area contributed by atoms with Crippen LogP contribution in [0.2, 0.25) is 0 Å². The van der Waals surface area contributed by atoms with Crippen molar-refractivity contribution in [3.8, 4) is 34.0 Å². The molecule has 0 fully saturated rings. The Morgan fingerprint density at radius 2 is 0.915 bits per heavy atom. The molecular weight excluding hydrogens is 871 g/mol. The molecule has 4 aromatic carbocycles. The van der Waals surface area contributed by atoms with E-state index in [9.17, 15) is 0 Å². The normalized spacial score (nSPS) is 13.7. The van der Waals surface area contributed by atoms with Crippen molar-refractivity contribution in [1.29, 1.82) is 0 Å². The fourth-order valence-corrected chi connectivity index (χ4v) is 10.3. The molecule has 344 valence electrons. The number of rotatable bonds is 8. The number of hydrogen-bond acceptors (Lipinski definition) is 7. The van der Waals surface area contributed by atoms with Gasteiger partial charge in [0.2, 0.25) is 0 Å². The van der Waals surface area contributed by atoms with Gasteiger partial charge in [-0.3, -0.25) is 19.9 Å². The van der Waals surface area contributed by atoms with Gasteiger partial charge in [0.05, 0.1) is 50.5 Å². The summed E-state index contributed by atoms with van der Waals surface area (Å²) in [5.41, 5.74) is 23.1. The summed E-state index contributed by atoms with van der Waals surface area (Å²) in [5.74, 6) is 0.845. The van der Waals surface area contributed by atoms with Gasteiger partial charge in [-0.05, 0) is 142 Å². The van der Waals surface area contributed by atoms with Crippen LogP contribution in [0.4, 0.5) is 17.1 Å². The lowest BCUT2D eigenvalue weighted by Gasteiger charge is -2.32. The van der Waals surface area contributed by atoms with Crippen LogP contribution in [0.25, 0.3) is 83.7 Å². The van der Waals surface area contributed by atoms with Gasteiger partial charge in [-0.15, -0.1) is 0 Å². The van der Waals surface area contributed by atoms with Crippen molar-refractivity contribution in [3.05, 3.63) is 216 Å². The van der Waals surface area contributed by atoms with Crippen molar-refractivity contribution < 1.29 is 0 Å². The van der Waals surface area contributed by atoms with Crippen molar-refractivity contribution in [3.63, 3.8) is 0 Å². The molecule has 7 heterocycles. The molecule has 0 saturated carbocycles. The Hall–Kier alpha value is -8.82. The highest BCUT2D eigenvalue weighted by atomic mass is 15.2. The third-order valence-electron chi connectivity index (χ3n) is 13.8. The molecule has 0 radical (unpaired) electrons. The largest absolute Gasteiger partial charge is 0.307 e. The molecule has 0 bridgehead atoms. The zero-order chi connectivity index (χ0) is 48.5. The molecule has 11 aromatic rings. The van der Waals surface area contributed by atoms with Crippen molar-refractivity contribution in [1.82, 2.24) is 39.0 Å². The van der Waals surface area contributed by atoms with Crippen molar-refractivity contribution in [2.75, 3.05) is 4.90 Å². The number of fused-ring (bicyclic) bond motifs is 6. The van der Waals surface area contributed by atoms with Crippen molar-refractivity contribution in [2.45, 2.75) is 48.5 Å². The van der Waals surface area contributed by atoms with E-state index in [0.29, 0.717) is 5.82 Å². The number of aromatic nitrogens is 8. The Morgan fingerprint density at radius 1 is 0.465 bits per heavy atom. The Kier molecular flexibility index (Phi) is 10.6. The second-order valence-electron chi connectivity index (χ2n) is 18.9. The summed E-state index contributed by atoms with van der Waals surface area (Å²) in [6.45, 7) is 15.1. The van der Waals surface area contributed by atoms with Crippen LogP contribution in [0, 0.1) is 47.5 Å². The third kappa shape index (κ3) is 7.40. The molecule has 0 unspecified atom stereocenters. The van der Waals surface area contributed by atoms with E-state index < -0.39 is 0 Å². The van der Waals surface area contributed by atoms with Gasteiger partial charge in [-0.1, -0.05) is 103 Å². The van der Waals surface area contributed by atoms with Crippen LogP contribution in [0.15, 0.2) is 176 Å². The van der Waals surface area contributed by atoms with Crippen LogP contribution in [-0.2, 0) is 0 Å². The Bertz CT molecular complexity index is 3690. The first kappa shape index (κ1) is 43.5. The maximum absolute atomic E-state index is 5.53. The Balaban J connectivity index is 1.33. The molecular formula is C62H51N9. The van der Waals surface area contributed by atoms with E-state index in [4.69, 9.17) is 29.9 Å². The molecule has 0 aliphatic heterocycles. The number of nitrogens with zero attached hydrogens (tertiary/aromatic N) is 9. The van der Waals surface area contributed by atoms with Gasteiger partial charge in [-0.25, -0.2) is 9.97 Å². The van der Waals surface area contributed by atoms with Crippen LogP contribution >= 0.6 is 0 Å². The van der Waals surface area contributed by atoms with E-state index in [2.05, 4.69) is 196 Å².